The highest BCUT2D eigenvalue weighted by molar-refractivity contribution is 7.09. The fourth-order valence-corrected chi connectivity index (χ4v) is 2.45. The molecule has 1 amide bonds. The van der Waals surface area contributed by atoms with E-state index in [2.05, 4.69) is 15.3 Å². The number of benzene rings is 1. The molecule has 2 heterocycles. The molecule has 6 heteroatoms. The third-order valence-electron chi connectivity index (χ3n) is 2.86. The van der Waals surface area contributed by atoms with Crippen molar-refractivity contribution in [1.82, 2.24) is 15.3 Å². The van der Waals surface area contributed by atoms with Gasteiger partial charge in [-0.05, 0) is 18.2 Å². The normalized spacial score (nSPS) is 10.7. The summed E-state index contributed by atoms with van der Waals surface area (Å²) in [6.07, 6.45) is 3.45. The lowest BCUT2D eigenvalue weighted by Crippen LogP contribution is -2.22. The summed E-state index contributed by atoms with van der Waals surface area (Å²) in [5.41, 5.74) is 9.64. The van der Waals surface area contributed by atoms with Gasteiger partial charge in [-0.15, -0.1) is 11.3 Å². The summed E-state index contributed by atoms with van der Waals surface area (Å²) in [6.45, 7) is 0.485. The largest absolute Gasteiger partial charge is 0.399 e. The molecule has 0 saturated heterocycles. The molecule has 5 nitrogen and oxygen atoms in total. The topological polar surface area (TPSA) is 83.8 Å². The van der Waals surface area contributed by atoms with E-state index in [4.69, 9.17) is 5.73 Å². The Kier molecular flexibility index (Phi) is 2.92. The molecule has 96 valence electrons. The Hall–Kier alpha value is -2.34. The van der Waals surface area contributed by atoms with E-state index in [1.807, 2.05) is 6.07 Å². The zero-order valence-corrected chi connectivity index (χ0v) is 10.8. The Balaban J connectivity index is 1.83. The predicted octanol–water partition coefficient (Wildman–Crippen LogP) is 2.14. The van der Waals surface area contributed by atoms with Crippen LogP contribution in [0.4, 0.5) is 5.69 Å². The Morgan fingerprint density at radius 2 is 2.37 bits per heavy atom. The van der Waals surface area contributed by atoms with Crippen LogP contribution in [0.2, 0.25) is 0 Å². The summed E-state index contributed by atoms with van der Waals surface area (Å²) in [4.78, 5) is 20.2. The smallest absolute Gasteiger partial charge is 0.253 e. The first-order chi connectivity index (χ1) is 9.24. The summed E-state index contributed by atoms with van der Waals surface area (Å²) < 4.78 is 0. The molecule has 0 aliphatic carbocycles. The number of carbonyl (C=O) groups excluding carboxylic acids is 1. The van der Waals surface area contributed by atoms with E-state index in [0.29, 0.717) is 17.8 Å². The number of aromatic nitrogens is 2. The van der Waals surface area contributed by atoms with Gasteiger partial charge in [-0.2, -0.15) is 0 Å². The van der Waals surface area contributed by atoms with Crippen molar-refractivity contribution in [3.63, 3.8) is 0 Å². The lowest BCUT2D eigenvalue weighted by Gasteiger charge is -2.02. The third-order valence-corrected chi connectivity index (χ3v) is 3.64. The number of nitrogens with one attached hydrogen (secondary N) is 2. The molecule has 0 bridgehead atoms. The first kappa shape index (κ1) is 11.7. The van der Waals surface area contributed by atoms with Gasteiger partial charge in [-0.1, -0.05) is 0 Å². The number of nitrogens with two attached hydrogens (primary N) is 1. The number of fused-ring (bicyclic) bond motifs is 1. The Morgan fingerprint density at radius 1 is 1.47 bits per heavy atom. The second kappa shape index (κ2) is 4.74. The number of rotatable bonds is 3. The van der Waals surface area contributed by atoms with E-state index in [-0.39, 0.29) is 5.91 Å². The predicted molar refractivity (Wildman–Crippen MR) is 76.0 cm³/mol. The van der Waals surface area contributed by atoms with Crippen molar-refractivity contribution in [1.29, 1.82) is 0 Å². The number of nitrogens with zero attached hydrogens (tertiary/aromatic N) is 1. The Bertz CT molecular complexity index is 717. The van der Waals surface area contributed by atoms with Crippen LogP contribution in [-0.2, 0) is 6.54 Å². The van der Waals surface area contributed by atoms with Crippen molar-refractivity contribution in [2.24, 2.45) is 0 Å². The van der Waals surface area contributed by atoms with Crippen molar-refractivity contribution in [2.75, 3.05) is 5.73 Å². The molecular weight excluding hydrogens is 260 g/mol. The van der Waals surface area contributed by atoms with Crippen molar-refractivity contribution < 1.29 is 4.79 Å². The zero-order valence-electron chi connectivity index (χ0n) is 10.0. The van der Waals surface area contributed by atoms with Gasteiger partial charge in [0.1, 0.15) is 0 Å². The number of hydrogen-bond acceptors (Lipinski definition) is 4. The average Bonchev–Trinajstić information content (AvgIpc) is 3.04. The van der Waals surface area contributed by atoms with Gasteiger partial charge < -0.3 is 16.0 Å². The molecule has 3 aromatic rings. The summed E-state index contributed by atoms with van der Waals surface area (Å²) in [5.74, 6) is -0.120. The number of H-pyrrole nitrogens is 1. The molecule has 3 rings (SSSR count). The van der Waals surface area contributed by atoms with Gasteiger partial charge >= 0.3 is 0 Å². The van der Waals surface area contributed by atoms with E-state index in [0.717, 1.165) is 15.8 Å². The Labute approximate surface area is 113 Å². The van der Waals surface area contributed by atoms with Crippen LogP contribution >= 0.6 is 11.3 Å². The van der Waals surface area contributed by atoms with Crippen molar-refractivity contribution >= 4 is 33.8 Å². The van der Waals surface area contributed by atoms with Crippen LogP contribution in [-0.4, -0.2) is 15.9 Å². The summed E-state index contributed by atoms with van der Waals surface area (Å²) >= 11 is 1.51. The number of amides is 1. The van der Waals surface area contributed by atoms with Gasteiger partial charge in [0, 0.05) is 33.9 Å². The van der Waals surface area contributed by atoms with Crippen molar-refractivity contribution in [3.05, 3.63) is 46.5 Å². The van der Waals surface area contributed by atoms with Crippen LogP contribution in [0.15, 0.2) is 36.1 Å². The van der Waals surface area contributed by atoms with Crippen molar-refractivity contribution in [3.8, 4) is 0 Å². The summed E-state index contributed by atoms with van der Waals surface area (Å²) in [5, 5.41) is 3.70. The van der Waals surface area contributed by atoms with Crippen LogP contribution < -0.4 is 11.1 Å². The van der Waals surface area contributed by atoms with Gasteiger partial charge in [-0.3, -0.25) is 9.78 Å². The third kappa shape index (κ3) is 2.30. The summed E-state index contributed by atoms with van der Waals surface area (Å²) in [7, 11) is 0. The number of thiazole rings is 1. The maximum Gasteiger partial charge on any atom is 0.253 e. The molecule has 1 aromatic carbocycles. The van der Waals surface area contributed by atoms with E-state index in [9.17, 15) is 4.79 Å². The molecule has 0 saturated carbocycles. The lowest BCUT2D eigenvalue weighted by atomic mass is 10.1. The average molecular weight is 272 g/mol. The first-order valence-electron chi connectivity index (χ1n) is 5.76. The lowest BCUT2D eigenvalue weighted by molar-refractivity contribution is 0.0953. The molecule has 0 spiro atoms. The number of aromatic amines is 1. The standard InChI is InChI=1S/C13H12N4OS/c14-8-1-2-12-10(3-8)11(6-16-12)13(18)17-5-9-4-15-7-19-9/h1-4,6-7,16H,5,14H2,(H,17,18). The first-order valence-corrected chi connectivity index (χ1v) is 6.64. The highest BCUT2D eigenvalue weighted by Crippen LogP contribution is 2.21. The highest BCUT2D eigenvalue weighted by Gasteiger charge is 2.12. The van der Waals surface area contributed by atoms with Crippen LogP contribution in [0, 0.1) is 0 Å². The molecule has 0 fully saturated rings. The maximum absolute atomic E-state index is 12.1. The SMILES string of the molecule is Nc1ccc2[nH]cc(C(=O)NCc3cncs3)c2c1. The van der Waals surface area contributed by atoms with Gasteiger partial charge in [0.25, 0.3) is 5.91 Å². The number of carbonyl (C=O) groups is 1. The van der Waals surface area contributed by atoms with E-state index in [1.165, 1.54) is 11.3 Å². The number of hydrogen-bond donors (Lipinski definition) is 3. The molecule has 0 unspecified atom stereocenters. The van der Waals surface area contributed by atoms with Gasteiger partial charge in [0.15, 0.2) is 0 Å². The molecule has 0 aliphatic heterocycles. The second-order valence-corrected chi connectivity index (χ2v) is 5.13. The van der Waals surface area contributed by atoms with E-state index >= 15 is 0 Å². The van der Waals surface area contributed by atoms with Crippen LogP contribution in [0.5, 0.6) is 0 Å². The van der Waals surface area contributed by atoms with Crippen LogP contribution in [0.3, 0.4) is 0 Å². The molecule has 0 atom stereocenters. The van der Waals surface area contributed by atoms with Crippen LogP contribution in [0.25, 0.3) is 10.9 Å². The molecule has 0 aliphatic rings. The fourth-order valence-electron chi connectivity index (χ4n) is 1.92. The molecule has 19 heavy (non-hydrogen) atoms. The fraction of sp³-hybridized carbons (Fsp3) is 0.0769. The maximum atomic E-state index is 12.1. The second-order valence-electron chi connectivity index (χ2n) is 4.16. The molecule has 4 N–H and O–H groups in total. The zero-order chi connectivity index (χ0) is 13.2. The summed E-state index contributed by atoms with van der Waals surface area (Å²) in [6, 6.07) is 5.47. The minimum atomic E-state index is -0.120. The number of anilines is 1. The van der Waals surface area contributed by atoms with Gasteiger partial charge in [0.05, 0.1) is 17.6 Å². The number of nitrogen functional groups attached to an aromatic ring is 1. The quantitative estimate of drug-likeness (QED) is 0.639. The highest BCUT2D eigenvalue weighted by atomic mass is 32.1. The molecular formula is C13H12N4OS. The monoisotopic (exact) mass is 272 g/mol. The Morgan fingerprint density at radius 3 is 3.16 bits per heavy atom. The van der Waals surface area contributed by atoms with Gasteiger partial charge in [-0.25, -0.2) is 0 Å². The molecule has 2 aromatic heterocycles. The minimum Gasteiger partial charge on any atom is -0.399 e. The van der Waals surface area contributed by atoms with Crippen LogP contribution in [0.1, 0.15) is 15.2 Å². The van der Waals surface area contributed by atoms with Crippen molar-refractivity contribution in [2.45, 2.75) is 6.54 Å². The van der Waals surface area contributed by atoms with E-state index < -0.39 is 0 Å². The minimum absolute atomic E-state index is 0.120. The van der Waals surface area contributed by atoms with Gasteiger partial charge in [0.2, 0.25) is 0 Å². The molecule has 0 radical (unpaired) electrons. The van der Waals surface area contributed by atoms with E-state index in [1.54, 1.807) is 30.0 Å².